The number of halogens is 1. The summed E-state index contributed by atoms with van der Waals surface area (Å²) >= 11 is 0. The van der Waals surface area contributed by atoms with Crippen LogP contribution in [0.3, 0.4) is 0 Å². The number of methoxy groups -OCH3 is 1. The van der Waals surface area contributed by atoms with E-state index in [4.69, 9.17) is 10.5 Å². The van der Waals surface area contributed by atoms with Crippen LogP contribution in [0, 0.1) is 0 Å². The second kappa shape index (κ2) is 12.4. The lowest BCUT2D eigenvalue weighted by Crippen LogP contribution is -2.42. The molecular weight excluding hydrogens is 374 g/mol. The van der Waals surface area contributed by atoms with E-state index in [1.54, 1.807) is 12.0 Å². The van der Waals surface area contributed by atoms with Crippen molar-refractivity contribution < 1.29 is 9.53 Å². The lowest BCUT2D eigenvalue weighted by molar-refractivity contribution is -0.133. The van der Waals surface area contributed by atoms with Gasteiger partial charge in [0.05, 0.1) is 19.7 Å². The highest BCUT2D eigenvalue weighted by Gasteiger charge is 2.21. The monoisotopic (exact) mass is 405 g/mol. The molecule has 0 fully saturated rings. The van der Waals surface area contributed by atoms with E-state index < -0.39 is 0 Å². The Morgan fingerprint density at radius 1 is 1.07 bits per heavy atom. The van der Waals surface area contributed by atoms with Crippen molar-refractivity contribution in [3.05, 3.63) is 65.7 Å². The lowest BCUT2D eigenvalue weighted by Gasteiger charge is -2.29. The Balaban J connectivity index is 0.00000392. The van der Waals surface area contributed by atoms with Crippen molar-refractivity contribution >= 4 is 18.3 Å². The van der Waals surface area contributed by atoms with Gasteiger partial charge in [0, 0.05) is 32.2 Å². The van der Waals surface area contributed by atoms with Crippen LogP contribution in [0.2, 0.25) is 0 Å². The summed E-state index contributed by atoms with van der Waals surface area (Å²) in [7, 11) is 3.50. The molecule has 2 aromatic carbocycles. The number of carbonyl (C=O) groups excluding carboxylic acids is 1. The first-order valence-corrected chi connectivity index (χ1v) is 9.41. The van der Waals surface area contributed by atoms with Gasteiger partial charge in [-0.1, -0.05) is 48.5 Å². The first-order chi connectivity index (χ1) is 13.1. The fourth-order valence-electron chi connectivity index (χ4n) is 3.12. The molecule has 0 bridgehead atoms. The molecule has 0 saturated carbocycles. The second-order valence-electron chi connectivity index (χ2n) is 6.72. The molecule has 0 radical (unpaired) electrons. The first-order valence-electron chi connectivity index (χ1n) is 9.41. The predicted molar refractivity (Wildman–Crippen MR) is 117 cm³/mol. The minimum Gasteiger partial charge on any atom is -0.496 e. The molecule has 0 spiro atoms. The first kappa shape index (κ1) is 24.0. The SMILES string of the molecule is COc1ccccc1C(C)N(C)C(=O)CN(CCN)CCc1ccccc1.Cl. The Morgan fingerprint density at radius 3 is 2.36 bits per heavy atom. The molecule has 28 heavy (non-hydrogen) atoms. The van der Waals surface area contributed by atoms with Crippen molar-refractivity contribution in [2.75, 3.05) is 40.3 Å². The average Bonchev–Trinajstić information content (AvgIpc) is 2.71. The molecule has 0 saturated heterocycles. The standard InChI is InChI=1S/C22H31N3O2.ClH/c1-18(20-11-7-8-12-21(20)27-3)24(2)22(26)17-25(16-14-23)15-13-19-9-5-4-6-10-19;/h4-12,18H,13-17,23H2,1-3H3;1H. The van der Waals surface area contributed by atoms with E-state index in [1.807, 2.05) is 56.4 Å². The molecule has 1 atom stereocenters. The molecule has 1 amide bonds. The minimum atomic E-state index is -0.0671. The number of likely N-dealkylation sites (N-methyl/N-ethyl adjacent to an activating group) is 1. The topological polar surface area (TPSA) is 58.8 Å². The normalized spacial score (nSPS) is 11.6. The predicted octanol–water partition coefficient (Wildman–Crippen LogP) is 3.14. The van der Waals surface area contributed by atoms with Crippen molar-refractivity contribution in [1.29, 1.82) is 0 Å². The average molecular weight is 406 g/mol. The van der Waals surface area contributed by atoms with Crippen LogP contribution in [0.1, 0.15) is 24.1 Å². The van der Waals surface area contributed by atoms with Gasteiger partial charge in [-0.05, 0) is 25.0 Å². The third-order valence-electron chi connectivity index (χ3n) is 4.93. The fraction of sp³-hybridized carbons (Fsp3) is 0.409. The number of carbonyl (C=O) groups is 1. The number of nitrogens with two attached hydrogens (primary N) is 1. The van der Waals surface area contributed by atoms with Crippen molar-refractivity contribution in [2.24, 2.45) is 5.73 Å². The van der Waals surface area contributed by atoms with Gasteiger partial charge in [-0.15, -0.1) is 12.4 Å². The molecule has 6 heteroatoms. The Kier molecular flexibility index (Phi) is 10.6. The van der Waals surface area contributed by atoms with E-state index in [2.05, 4.69) is 17.0 Å². The van der Waals surface area contributed by atoms with E-state index in [9.17, 15) is 4.79 Å². The summed E-state index contributed by atoms with van der Waals surface area (Å²) in [5.74, 6) is 0.877. The van der Waals surface area contributed by atoms with E-state index in [1.165, 1.54) is 5.56 Å². The zero-order valence-corrected chi connectivity index (χ0v) is 17.8. The summed E-state index contributed by atoms with van der Waals surface area (Å²) in [6.45, 7) is 4.43. The zero-order valence-electron chi connectivity index (χ0n) is 17.0. The molecular formula is C22H32ClN3O2. The molecule has 0 aliphatic rings. The van der Waals surface area contributed by atoms with E-state index in [0.29, 0.717) is 19.6 Å². The molecule has 0 aliphatic carbocycles. The van der Waals surface area contributed by atoms with Crippen LogP contribution in [0.15, 0.2) is 54.6 Å². The van der Waals surface area contributed by atoms with Crippen molar-refractivity contribution in [2.45, 2.75) is 19.4 Å². The maximum atomic E-state index is 12.9. The zero-order chi connectivity index (χ0) is 19.6. The molecule has 2 aromatic rings. The Labute approximate surface area is 174 Å². The van der Waals surface area contributed by atoms with E-state index >= 15 is 0 Å². The van der Waals surface area contributed by atoms with Crippen LogP contribution in [0.25, 0.3) is 0 Å². The molecule has 0 aliphatic heterocycles. The summed E-state index contributed by atoms with van der Waals surface area (Å²) in [6, 6.07) is 18.1. The number of hydrogen-bond donors (Lipinski definition) is 1. The van der Waals surface area contributed by atoms with Gasteiger partial charge in [0.25, 0.3) is 0 Å². The number of nitrogens with zero attached hydrogens (tertiary/aromatic N) is 2. The Bertz CT molecular complexity index is 712. The highest BCUT2D eigenvalue weighted by atomic mass is 35.5. The van der Waals surface area contributed by atoms with Crippen LogP contribution < -0.4 is 10.5 Å². The molecule has 0 heterocycles. The summed E-state index contributed by atoms with van der Waals surface area (Å²) < 4.78 is 5.44. The van der Waals surface area contributed by atoms with Crippen LogP contribution in [-0.4, -0.2) is 56.0 Å². The van der Waals surface area contributed by atoms with E-state index in [-0.39, 0.29) is 24.4 Å². The van der Waals surface area contributed by atoms with Crippen LogP contribution in [0.4, 0.5) is 0 Å². The second-order valence-corrected chi connectivity index (χ2v) is 6.72. The van der Waals surface area contributed by atoms with E-state index in [0.717, 1.165) is 24.3 Å². The number of rotatable bonds is 10. The quantitative estimate of drug-likeness (QED) is 0.659. The summed E-state index contributed by atoms with van der Waals surface area (Å²) in [5.41, 5.74) is 8.03. The highest BCUT2D eigenvalue weighted by Crippen LogP contribution is 2.28. The minimum absolute atomic E-state index is 0. The van der Waals surface area contributed by atoms with Gasteiger partial charge in [0.15, 0.2) is 0 Å². The molecule has 2 N–H and O–H groups in total. The van der Waals surface area contributed by atoms with Crippen LogP contribution >= 0.6 is 12.4 Å². The van der Waals surface area contributed by atoms with Crippen LogP contribution in [0.5, 0.6) is 5.75 Å². The van der Waals surface area contributed by atoms with Crippen molar-refractivity contribution in [3.63, 3.8) is 0 Å². The maximum absolute atomic E-state index is 12.9. The fourth-order valence-corrected chi connectivity index (χ4v) is 3.12. The number of hydrogen-bond acceptors (Lipinski definition) is 4. The van der Waals surface area contributed by atoms with Gasteiger partial charge in [0.2, 0.25) is 5.91 Å². The number of amides is 1. The molecule has 0 aromatic heterocycles. The summed E-state index contributed by atoms with van der Waals surface area (Å²) in [4.78, 5) is 16.8. The third-order valence-corrected chi connectivity index (χ3v) is 4.93. The lowest BCUT2D eigenvalue weighted by atomic mass is 10.1. The third kappa shape index (κ3) is 6.82. The molecule has 5 nitrogen and oxygen atoms in total. The smallest absolute Gasteiger partial charge is 0.236 e. The van der Waals surface area contributed by atoms with Crippen molar-refractivity contribution in [1.82, 2.24) is 9.80 Å². The Hall–Kier alpha value is -2.08. The largest absolute Gasteiger partial charge is 0.496 e. The molecule has 154 valence electrons. The molecule has 1 unspecified atom stereocenters. The van der Waals surface area contributed by atoms with Gasteiger partial charge in [0.1, 0.15) is 5.75 Å². The van der Waals surface area contributed by atoms with Gasteiger partial charge in [-0.2, -0.15) is 0 Å². The van der Waals surface area contributed by atoms with Crippen molar-refractivity contribution in [3.8, 4) is 5.75 Å². The summed E-state index contributed by atoms with van der Waals surface area (Å²) in [5, 5.41) is 0. The van der Waals surface area contributed by atoms with Gasteiger partial charge >= 0.3 is 0 Å². The molecule has 2 rings (SSSR count). The number of ether oxygens (including phenoxy) is 1. The van der Waals surface area contributed by atoms with Gasteiger partial charge in [-0.3, -0.25) is 9.69 Å². The van der Waals surface area contributed by atoms with Gasteiger partial charge < -0.3 is 15.4 Å². The number of para-hydroxylation sites is 1. The Morgan fingerprint density at radius 2 is 1.71 bits per heavy atom. The van der Waals surface area contributed by atoms with Gasteiger partial charge in [-0.25, -0.2) is 0 Å². The maximum Gasteiger partial charge on any atom is 0.236 e. The van der Waals surface area contributed by atoms with Crippen LogP contribution in [-0.2, 0) is 11.2 Å². The highest BCUT2D eigenvalue weighted by molar-refractivity contribution is 5.85. The number of benzene rings is 2. The summed E-state index contributed by atoms with van der Waals surface area (Å²) in [6.07, 6.45) is 0.903.